The summed E-state index contributed by atoms with van der Waals surface area (Å²) in [5.41, 5.74) is 0. The number of carbonyl (C=O) groups is 2. The van der Waals surface area contributed by atoms with E-state index in [1.807, 2.05) is 0 Å². The molecule has 0 N–H and O–H groups in total. The summed E-state index contributed by atoms with van der Waals surface area (Å²) >= 11 is 0. The topological polar surface area (TPSA) is 80.3 Å². The number of hydrogen-bond acceptors (Lipinski definition) is 4. The van der Waals surface area contributed by atoms with Crippen molar-refractivity contribution in [1.29, 1.82) is 0 Å². The molecule has 0 aliphatic heterocycles. The average molecular weight is 256 g/mol. The number of rotatable bonds is 2. The van der Waals surface area contributed by atoms with Crippen molar-refractivity contribution in [1.82, 2.24) is 0 Å². The summed E-state index contributed by atoms with van der Waals surface area (Å²) in [4.78, 5) is 18.3. The van der Waals surface area contributed by atoms with E-state index in [1.54, 1.807) is 0 Å². The van der Waals surface area contributed by atoms with Crippen LogP contribution < -0.4 is 10.2 Å². The second kappa shape index (κ2) is 16.8. The summed E-state index contributed by atoms with van der Waals surface area (Å²) < 4.78 is 0. The summed E-state index contributed by atoms with van der Waals surface area (Å²) in [5, 5.41) is 18.3. The minimum absolute atomic E-state index is 0. The van der Waals surface area contributed by atoms with Crippen LogP contribution in [-0.2, 0) is 43.4 Å². The molecule has 0 aromatic carbocycles. The molecule has 70 valence electrons. The first-order chi connectivity index (χ1) is 4.54. The maximum Gasteiger partial charge on any atom is 2.00 e. The molecule has 4 nitrogen and oxygen atoms in total. The fourth-order valence-corrected chi connectivity index (χ4v) is 0. The zero-order valence-electron chi connectivity index (χ0n) is 5.91. The van der Waals surface area contributed by atoms with Crippen molar-refractivity contribution >= 4 is 11.9 Å². The van der Waals surface area contributed by atoms with Crippen molar-refractivity contribution in [2.45, 2.75) is 0 Å². The van der Waals surface area contributed by atoms with Gasteiger partial charge in [0.1, 0.15) is 0 Å². The van der Waals surface area contributed by atoms with E-state index in [9.17, 15) is 0 Å². The zero-order chi connectivity index (χ0) is 8.57. The Morgan fingerprint density at radius 2 is 1.08 bits per heavy atom. The summed E-state index contributed by atoms with van der Waals surface area (Å²) in [6, 6.07) is 0. The standard InChI is InChI=1S/2C3H4O2.Co.Mn/c2*1-2-3(4)5;;/h2*2H,1H2,(H,4,5);;/q;;+2;/p-2. The molecule has 0 amide bonds. The third-order valence-corrected chi connectivity index (χ3v) is 0.333. The molecule has 0 heterocycles. The quantitative estimate of drug-likeness (QED) is 0.416. The molecule has 0 unspecified atom stereocenters. The number of hydrogen-bond donors (Lipinski definition) is 0. The van der Waals surface area contributed by atoms with Gasteiger partial charge in [-0.25, -0.2) is 0 Å². The first-order valence-electron chi connectivity index (χ1n) is 2.21. The normalized spacial score (nSPS) is 5.33. The SMILES string of the molecule is C=CC(=O)[O-].C=CC(=O)[O-].[Co+2].[Mn]. The smallest absolute Gasteiger partial charge is 0.545 e. The van der Waals surface area contributed by atoms with E-state index in [0.29, 0.717) is 0 Å². The Bertz CT molecular complexity index is 140. The molecule has 2 radical (unpaired) electrons. The van der Waals surface area contributed by atoms with Gasteiger partial charge in [-0.2, -0.15) is 0 Å². The van der Waals surface area contributed by atoms with Crippen LogP contribution in [0.2, 0.25) is 0 Å². The Balaban J connectivity index is -0.0000000457. The van der Waals surface area contributed by atoms with Crippen molar-refractivity contribution in [3.05, 3.63) is 25.3 Å². The van der Waals surface area contributed by atoms with Crippen molar-refractivity contribution < 1.29 is 53.6 Å². The van der Waals surface area contributed by atoms with Gasteiger partial charge in [-0.1, -0.05) is 13.2 Å². The van der Waals surface area contributed by atoms with Gasteiger partial charge in [0.2, 0.25) is 0 Å². The summed E-state index contributed by atoms with van der Waals surface area (Å²) in [5.74, 6) is -2.46. The van der Waals surface area contributed by atoms with Crippen LogP contribution >= 0.6 is 0 Å². The van der Waals surface area contributed by atoms with E-state index < -0.39 is 11.9 Å². The van der Waals surface area contributed by atoms with Gasteiger partial charge in [0, 0.05) is 17.1 Å². The first-order valence-corrected chi connectivity index (χ1v) is 2.21. The Morgan fingerprint density at radius 1 is 1.00 bits per heavy atom. The van der Waals surface area contributed by atoms with Gasteiger partial charge in [-0.15, -0.1) is 0 Å². The minimum Gasteiger partial charge on any atom is -0.545 e. The molecule has 0 bridgehead atoms. The van der Waals surface area contributed by atoms with Crippen molar-refractivity contribution in [2.24, 2.45) is 0 Å². The minimum atomic E-state index is -1.23. The summed E-state index contributed by atoms with van der Waals surface area (Å²) in [6.07, 6.45) is 1.44. The maximum absolute atomic E-state index is 9.14. The van der Waals surface area contributed by atoms with Crippen LogP contribution in [0.15, 0.2) is 25.3 Å². The fraction of sp³-hybridized carbons (Fsp3) is 0. The van der Waals surface area contributed by atoms with Crippen LogP contribution in [-0.4, -0.2) is 11.9 Å². The largest absolute Gasteiger partial charge is 2.00 e. The van der Waals surface area contributed by atoms with Gasteiger partial charge in [0.05, 0.1) is 11.9 Å². The second-order valence-electron chi connectivity index (χ2n) is 1.05. The van der Waals surface area contributed by atoms with Crippen LogP contribution in [0.1, 0.15) is 0 Å². The molecule has 12 heavy (non-hydrogen) atoms. The summed E-state index contributed by atoms with van der Waals surface area (Å²) in [6.45, 7) is 5.80. The molecule has 6 heteroatoms. The molecule has 0 aromatic rings. The van der Waals surface area contributed by atoms with Crippen molar-refractivity contribution in [2.75, 3.05) is 0 Å². The zero-order valence-corrected chi connectivity index (χ0v) is 8.13. The molecule has 0 rings (SSSR count). The van der Waals surface area contributed by atoms with Crippen LogP contribution in [0, 0.1) is 0 Å². The molecule has 0 aliphatic rings. The van der Waals surface area contributed by atoms with E-state index in [1.165, 1.54) is 0 Å². The fourth-order valence-electron chi connectivity index (χ4n) is 0. The van der Waals surface area contributed by atoms with Crippen LogP contribution in [0.5, 0.6) is 0 Å². The van der Waals surface area contributed by atoms with Gasteiger partial charge in [0.25, 0.3) is 0 Å². The van der Waals surface area contributed by atoms with E-state index in [-0.39, 0.29) is 33.8 Å². The predicted octanol–water partition coefficient (Wildman–Crippen LogP) is -2.16. The van der Waals surface area contributed by atoms with Crippen molar-refractivity contribution in [3.63, 3.8) is 0 Å². The molecule has 0 saturated carbocycles. The van der Waals surface area contributed by atoms with Crippen LogP contribution in [0.4, 0.5) is 0 Å². The first kappa shape index (κ1) is 22.5. The van der Waals surface area contributed by atoms with Gasteiger partial charge in [-0.05, 0) is 12.2 Å². The number of carboxylic acid groups (broad SMARTS) is 2. The average Bonchev–Trinajstić information content (AvgIpc) is 1.89. The Hall–Kier alpha value is -0.554. The van der Waals surface area contributed by atoms with E-state index in [4.69, 9.17) is 19.8 Å². The predicted molar refractivity (Wildman–Crippen MR) is 30.4 cm³/mol. The maximum atomic E-state index is 9.14. The summed E-state index contributed by atoms with van der Waals surface area (Å²) in [7, 11) is 0. The van der Waals surface area contributed by atoms with E-state index >= 15 is 0 Å². The number of carboxylic acids is 2. The van der Waals surface area contributed by atoms with E-state index in [2.05, 4.69) is 13.2 Å². The van der Waals surface area contributed by atoms with Crippen LogP contribution in [0.3, 0.4) is 0 Å². The van der Waals surface area contributed by atoms with Gasteiger partial charge in [-0.3, -0.25) is 0 Å². The molecule has 0 aliphatic carbocycles. The Kier molecular flexibility index (Phi) is 31.6. The number of carbonyl (C=O) groups excluding carboxylic acids is 2. The monoisotopic (exact) mass is 256 g/mol. The third kappa shape index (κ3) is 56.7. The molecular formula is C6H6CoMnO4. The second-order valence-corrected chi connectivity index (χ2v) is 1.05. The molecular weight excluding hydrogens is 250 g/mol. The van der Waals surface area contributed by atoms with E-state index in [0.717, 1.165) is 12.2 Å². The van der Waals surface area contributed by atoms with Crippen molar-refractivity contribution in [3.8, 4) is 0 Å². The Morgan fingerprint density at radius 3 is 1.08 bits per heavy atom. The number of aliphatic carboxylic acids is 2. The molecule has 0 saturated heterocycles. The molecule has 0 aromatic heterocycles. The Labute approximate surface area is 91.0 Å². The van der Waals surface area contributed by atoms with Gasteiger partial charge < -0.3 is 19.8 Å². The third-order valence-electron chi connectivity index (χ3n) is 0.333. The molecule has 0 atom stereocenters. The molecule has 0 fully saturated rings. The van der Waals surface area contributed by atoms with Gasteiger partial charge >= 0.3 is 16.8 Å². The molecule has 0 spiro atoms. The van der Waals surface area contributed by atoms with Gasteiger partial charge in [0.15, 0.2) is 0 Å². The van der Waals surface area contributed by atoms with Crippen LogP contribution in [0.25, 0.3) is 0 Å².